The van der Waals surface area contributed by atoms with Crippen LogP contribution in [-0.2, 0) is 11.8 Å². The van der Waals surface area contributed by atoms with Gasteiger partial charge >= 0.3 is 0 Å². The van der Waals surface area contributed by atoms with Crippen molar-refractivity contribution in [1.82, 2.24) is 5.32 Å². The van der Waals surface area contributed by atoms with Crippen molar-refractivity contribution in [2.45, 2.75) is 25.7 Å². The van der Waals surface area contributed by atoms with Crippen molar-refractivity contribution in [2.24, 2.45) is 0 Å². The lowest BCUT2D eigenvalue weighted by molar-refractivity contribution is 0.274. The molecule has 3 rings (SSSR count). The van der Waals surface area contributed by atoms with E-state index in [-0.39, 0.29) is 5.41 Å². The van der Waals surface area contributed by atoms with Gasteiger partial charge in [0.25, 0.3) is 0 Å². The van der Waals surface area contributed by atoms with E-state index in [1.807, 2.05) is 0 Å². The quantitative estimate of drug-likeness (QED) is 0.891. The molecule has 0 saturated carbocycles. The summed E-state index contributed by atoms with van der Waals surface area (Å²) < 4.78 is 1.15. The molecule has 20 heavy (non-hydrogen) atoms. The Morgan fingerprint density at radius 2 is 1.75 bits per heavy atom. The van der Waals surface area contributed by atoms with Gasteiger partial charge < -0.3 is 5.32 Å². The van der Waals surface area contributed by atoms with E-state index in [0.717, 1.165) is 24.0 Å². The summed E-state index contributed by atoms with van der Waals surface area (Å²) in [7, 11) is 0. The average molecular weight is 330 g/mol. The topological polar surface area (TPSA) is 12.0 Å². The van der Waals surface area contributed by atoms with Crippen LogP contribution in [0.15, 0.2) is 46.9 Å². The molecule has 0 spiro atoms. The predicted molar refractivity (Wildman–Crippen MR) is 88.3 cm³/mol. The van der Waals surface area contributed by atoms with Gasteiger partial charge in [0, 0.05) is 23.0 Å². The Balaban J connectivity index is 1.93. The molecule has 0 bridgehead atoms. The molecule has 0 radical (unpaired) electrons. The first-order chi connectivity index (χ1) is 9.59. The van der Waals surface area contributed by atoms with Gasteiger partial charge in [0.1, 0.15) is 0 Å². The van der Waals surface area contributed by atoms with E-state index in [0.29, 0.717) is 0 Å². The minimum atomic E-state index is 0.263. The van der Waals surface area contributed by atoms with E-state index < -0.39 is 0 Å². The number of benzene rings is 2. The highest BCUT2D eigenvalue weighted by Gasteiger charge is 2.38. The number of hydrogen-bond donors (Lipinski definition) is 1. The summed E-state index contributed by atoms with van der Waals surface area (Å²) in [6.45, 7) is 6.54. The highest BCUT2D eigenvalue weighted by Crippen LogP contribution is 2.34. The van der Waals surface area contributed by atoms with Gasteiger partial charge in [-0.15, -0.1) is 0 Å². The van der Waals surface area contributed by atoms with Crippen molar-refractivity contribution < 1.29 is 0 Å². The Morgan fingerprint density at radius 3 is 2.35 bits per heavy atom. The monoisotopic (exact) mass is 329 g/mol. The molecule has 1 nitrogen and oxygen atoms in total. The molecule has 1 aliphatic rings. The van der Waals surface area contributed by atoms with Crippen LogP contribution in [0.5, 0.6) is 0 Å². The maximum Gasteiger partial charge on any atom is 0.0243 e. The molecule has 1 saturated heterocycles. The molecule has 2 aromatic carbocycles. The summed E-state index contributed by atoms with van der Waals surface area (Å²) in [5.74, 6) is 0. The highest BCUT2D eigenvalue weighted by molar-refractivity contribution is 9.10. The maximum absolute atomic E-state index is 3.52. The molecule has 0 aromatic heterocycles. The van der Waals surface area contributed by atoms with E-state index in [1.54, 1.807) is 0 Å². The van der Waals surface area contributed by atoms with Gasteiger partial charge in [-0.3, -0.25) is 0 Å². The summed E-state index contributed by atoms with van der Waals surface area (Å²) in [5, 5.41) is 3.46. The molecule has 0 aliphatic carbocycles. The van der Waals surface area contributed by atoms with Crippen molar-refractivity contribution in [1.29, 1.82) is 0 Å². The molecule has 1 heterocycles. The molecular weight excluding hydrogens is 310 g/mol. The standard InChI is InChI=1S/C18H20BrN/c1-13-3-4-14(2)15(9-13)10-18(11-20-12-18)16-5-7-17(19)8-6-16/h3-9,20H,10-12H2,1-2H3. The summed E-state index contributed by atoms with van der Waals surface area (Å²) in [4.78, 5) is 0. The molecule has 0 unspecified atom stereocenters. The smallest absolute Gasteiger partial charge is 0.0243 e. The number of hydrogen-bond acceptors (Lipinski definition) is 1. The second-order valence-electron chi connectivity index (χ2n) is 6.00. The van der Waals surface area contributed by atoms with Gasteiger partial charge in [-0.2, -0.15) is 0 Å². The van der Waals surface area contributed by atoms with E-state index in [1.165, 1.54) is 22.3 Å². The number of aryl methyl sites for hydroxylation is 2. The Morgan fingerprint density at radius 1 is 1.05 bits per heavy atom. The van der Waals surface area contributed by atoms with Gasteiger partial charge in [-0.25, -0.2) is 0 Å². The van der Waals surface area contributed by atoms with Crippen LogP contribution >= 0.6 is 15.9 Å². The van der Waals surface area contributed by atoms with Crippen LogP contribution in [0.1, 0.15) is 22.3 Å². The van der Waals surface area contributed by atoms with Crippen molar-refractivity contribution in [3.63, 3.8) is 0 Å². The molecule has 2 aromatic rings. The largest absolute Gasteiger partial charge is 0.315 e. The van der Waals surface area contributed by atoms with Crippen LogP contribution in [0.4, 0.5) is 0 Å². The summed E-state index contributed by atoms with van der Waals surface area (Å²) in [6, 6.07) is 15.6. The third kappa shape index (κ3) is 2.55. The van der Waals surface area contributed by atoms with E-state index >= 15 is 0 Å². The zero-order chi connectivity index (χ0) is 14.2. The fourth-order valence-corrected chi connectivity index (χ4v) is 3.28. The molecule has 104 valence electrons. The van der Waals surface area contributed by atoms with Gasteiger partial charge in [-0.1, -0.05) is 51.8 Å². The first kappa shape index (κ1) is 13.8. The lowest BCUT2D eigenvalue weighted by atomic mass is 9.70. The fraction of sp³-hybridized carbons (Fsp3) is 0.333. The van der Waals surface area contributed by atoms with Crippen molar-refractivity contribution in [3.05, 3.63) is 69.2 Å². The zero-order valence-corrected chi connectivity index (χ0v) is 13.6. The van der Waals surface area contributed by atoms with Crippen molar-refractivity contribution >= 4 is 15.9 Å². The van der Waals surface area contributed by atoms with Gasteiger partial charge in [0.2, 0.25) is 0 Å². The Bertz CT molecular complexity index is 612. The highest BCUT2D eigenvalue weighted by atomic mass is 79.9. The van der Waals surface area contributed by atoms with Gasteiger partial charge in [0.15, 0.2) is 0 Å². The number of rotatable bonds is 3. The Labute approximate surface area is 129 Å². The third-order valence-electron chi connectivity index (χ3n) is 4.42. The average Bonchev–Trinajstić information content (AvgIpc) is 2.39. The third-order valence-corrected chi connectivity index (χ3v) is 4.95. The second kappa shape index (κ2) is 5.34. The minimum Gasteiger partial charge on any atom is -0.315 e. The number of nitrogens with one attached hydrogen (secondary N) is 1. The summed E-state index contributed by atoms with van der Waals surface area (Å²) in [5.41, 5.74) is 5.94. The van der Waals surface area contributed by atoms with Crippen LogP contribution in [-0.4, -0.2) is 13.1 Å². The summed E-state index contributed by atoms with van der Waals surface area (Å²) in [6.07, 6.45) is 1.12. The Hall–Kier alpha value is -1.12. The Kier molecular flexibility index (Phi) is 3.70. The first-order valence-electron chi connectivity index (χ1n) is 7.12. The van der Waals surface area contributed by atoms with Crippen LogP contribution < -0.4 is 5.32 Å². The predicted octanol–water partition coefficient (Wildman–Crippen LogP) is 4.15. The lowest BCUT2D eigenvalue weighted by Crippen LogP contribution is -2.58. The zero-order valence-electron chi connectivity index (χ0n) is 12.0. The van der Waals surface area contributed by atoms with E-state index in [2.05, 4.69) is 77.6 Å². The van der Waals surface area contributed by atoms with E-state index in [4.69, 9.17) is 0 Å². The minimum absolute atomic E-state index is 0.263. The molecule has 1 fully saturated rings. The lowest BCUT2D eigenvalue weighted by Gasteiger charge is -2.44. The number of halogens is 1. The van der Waals surface area contributed by atoms with Crippen LogP contribution in [0.2, 0.25) is 0 Å². The maximum atomic E-state index is 3.52. The first-order valence-corrected chi connectivity index (χ1v) is 7.91. The molecule has 0 amide bonds. The summed E-state index contributed by atoms with van der Waals surface area (Å²) >= 11 is 3.52. The van der Waals surface area contributed by atoms with E-state index in [9.17, 15) is 0 Å². The van der Waals surface area contributed by atoms with Crippen LogP contribution in [0, 0.1) is 13.8 Å². The normalized spacial score (nSPS) is 16.8. The second-order valence-corrected chi connectivity index (χ2v) is 6.91. The fourth-order valence-electron chi connectivity index (χ4n) is 3.02. The van der Waals surface area contributed by atoms with Crippen LogP contribution in [0.3, 0.4) is 0 Å². The van der Waals surface area contributed by atoms with Crippen LogP contribution in [0.25, 0.3) is 0 Å². The molecular formula is C18H20BrN. The van der Waals surface area contributed by atoms with Crippen molar-refractivity contribution in [3.8, 4) is 0 Å². The molecule has 0 atom stereocenters. The molecule has 2 heteroatoms. The van der Waals surface area contributed by atoms with Gasteiger partial charge in [0.05, 0.1) is 0 Å². The molecule has 1 N–H and O–H groups in total. The van der Waals surface area contributed by atoms with Gasteiger partial charge in [-0.05, 0) is 49.1 Å². The SMILES string of the molecule is Cc1ccc(C)c(CC2(c3ccc(Br)cc3)CNC2)c1. The molecule has 1 aliphatic heterocycles. The van der Waals surface area contributed by atoms with Crippen molar-refractivity contribution in [2.75, 3.05) is 13.1 Å².